The van der Waals surface area contributed by atoms with Crippen molar-refractivity contribution < 1.29 is 4.43 Å². The molecule has 1 nitrogen and oxygen atoms in total. The quantitative estimate of drug-likeness (QED) is 0.402. The Kier molecular flexibility index (Phi) is 8.03. The fourth-order valence-corrected chi connectivity index (χ4v) is 5.18. The Morgan fingerprint density at radius 3 is 1.94 bits per heavy atom. The summed E-state index contributed by atoms with van der Waals surface area (Å²) in [4.78, 5) is 0. The summed E-state index contributed by atoms with van der Waals surface area (Å²) in [6.07, 6.45) is 3.86. The highest BCUT2D eigenvalue weighted by Gasteiger charge is 2.31. The molecule has 0 rings (SSSR count). The van der Waals surface area contributed by atoms with Crippen molar-refractivity contribution in [3.05, 3.63) is 12.2 Å². The molecule has 16 heavy (non-hydrogen) atoms. The van der Waals surface area contributed by atoms with Crippen LogP contribution in [0.1, 0.15) is 53.9 Å². The molecule has 0 N–H and O–H groups in total. The van der Waals surface area contributed by atoms with Gasteiger partial charge < -0.3 is 4.43 Å². The van der Waals surface area contributed by atoms with Crippen LogP contribution in [0.5, 0.6) is 0 Å². The minimum Gasteiger partial charge on any atom is -0.414 e. The summed E-state index contributed by atoms with van der Waals surface area (Å²) < 4.78 is 6.52. The maximum Gasteiger partial charge on any atom is 0.192 e. The normalized spacial score (nSPS) is 13.8. The molecule has 0 amide bonds. The number of hydrogen-bond donors (Lipinski definition) is 0. The largest absolute Gasteiger partial charge is 0.414 e. The van der Waals surface area contributed by atoms with Gasteiger partial charge in [-0.3, -0.25) is 0 Å². The average molecular weight is 242 g/mol. The number of rotatable bonds is 9. The molecule has 0 spiro atoms. The van der Waals surface area contributed by atoms with Crippen LogP contribution in [0.2, 0.25) is 18.1 Å². The molecule has 0 saturated heterocycles. The first-order valence-corrected chi connectivity index (χ1v) is 9.38. The van der Waals surface area contributed by atoms with E-state index in [-0.39, 0.29) is 0 Å². The van der Waals surface area contributed by atoms with Crippen LogP contribution in [-0.2, 0) is 4.43 Å². The maximum atomic E-state index is 6.52. The molecule has 2 heteroatoms. The van der Waals surface area contributed by atoms with Gasteiger partial charge in [0, 0.05) is 6.10 Å². The molecule has 0 radical (unpaired) electrons. The summed E-state index contributed by atoms with van der Waals surface area (Å²) in [7, 11) is -1.43. The highest BCUT2D eigenvalue weighted by molar-refractivity contribution is 6.73. The third-order valence-corrected chi connectivity index (χ3v) is 8.24. The maximum absolute atomic E-state index is 6.52. The Morgan fingerprint density at radius 2 is 1.62 bits per heavy atom. The van der Waals surface area contributed by atoms with E-state index in [4.69, 9.17) is 4.43 Å². The SMILES string of the molecule is C=C(C)C[C@@H](CCC)O[Si](CC)(CC)CC. The molecule has 0 heterocycles. The average Bonchev–Trinajstić information content (AvgIpc) is 2.25. The summed E-state index contributed by atoms with van der Waals surface area (Å²) in [5.41, 5.74) is 1.25. The topological polar surface area (TPSA) is 9.23 Å². The van der Waals surface area contributed by atoms with Crippen LogP contribution >= 0.6 is 0 Å². The fraction of sp³-hybridized carbons (Fsp3) is 0.857. The summed E-state index contributed by atoms with van der Waals surface area (Å²) in [6.45, 7) is 15.3. The van der Waals surface area contributed by atoms with Gasteiger partial charge in [0.25, 0.3) is 0 Å². The zero-order valence-corrected chi connectivity index (χ0v) is 12.9. The molecule has 0 aromatic rings. The van der Waals surface area contributed by atoms with Crippen molar-refractivity contribution in [2.75, 3.05) is 0 Å². The van der Waals surface area contributed by atoms with E-state index >= 15 is 0 Å². The van der Waals surface area contributed by atoms with Crippen molar-refractivity contribution >= 4 is 8.32 Å². The van der Waals surface area contributed by atoms with Crippen LogP contribution in [0.25, 0.3) is 0 Å². The fourth-order valence-electron chi connectivity index (χ4n) is 2.27. The molecule has 0 bridgehead atoms. The van der Waals surface area contributed by atoms with Crippen LogP contribution in [0.15, 0.2) is 12.2 Å². The Hall–Kier alpha value is -0.0831. The van der Waals surface area contributed by atoms with E-state index in [1.165, 1.54) is 36.5 Å². The monoisotopic (exact) mass is 242 g/mol. The highest BCUT2D eigenvalue weighted by atomic mass is 28.4. The van der Waals surface area contributed by atoms with E-state index in [2.05, 4.69) is 41.2 Å². The van der Waals surface area contributed by atoms with Crippen molar-refractivity contribution in [1.82, 2.24) is 0 Å². The first-order valence-electron chi connectivity index (χ1n) is 6.85. The summed E-state index contributed by atoms with van der Waals surface area (Å²) in [6, 6.07) is 3.74. The van der Waals surface area contributed by atoms with E-state index in [1.807, 2.05) is 0 Å². The van der Waals surface area contributed by atoms with Crippen LogP contribution in [0, 0.1) is 0 Å². The second-order valence-electron chi connectivity index (χ2n) is 4.93. The predicted octanol–water partition coefficient (Wildman–Crippen LogP) is 5.14. The molecule has 96 valence electrons. The summed E-state index contributed by atoms with van der Waals surface area (Å²) in [5.74, 6) is 0. The molecular formula is C14H30OSi. The lowest BCUT2D eigenvalue weighted by Gasteiger charge is -2.33. The molecule has 1 atom stereocenters. The van der Waals surface area contributed by atoms with Gasteiger partial charge in [0.05, 0.1) is 0 Å². The van der Waals surface area contributed by atoms with Gasteiger partial charge >= 0.3 is 0 Å². The summed E-state index contributed by atoms with van der Waals surface area (Å²) >= 11 is 0. The smallest absolute Gasteiger partial charge is 0.192 e. The number of hydrogen-bond acceptors (Lipinski definition) is 1. The third-order valence-electron chi connectivity index (χ3n) is 3.54. The van der Waals surface area contributed by atoms with Gasteiger partial charge in [0.2, 0.25) is 0 Å². The highest BCUT2D eigenvalue weighted by Crippen LogP contribution is 2.26. The lowest BCUT2D eigenvalue weighted by atomic mass is 10.1. The molecule has 0 aromatic heterocycles. The lowest BCUT2D eigenvalue weighted by Crippen LogP contribution is -2.40. The van der Waals surface area contributed by atoms with Crippen LogP contribution in [0.4, 0.5) is 0 Å². The minimum absolute atomic E-state index is 0.425. The third kappa shape index (κ3) is 5.31. The lowest BCUT2D eigenvalue weighted by molar-refractivity contribution is 0.175. The van der Waals surface area contributed by atoms with Crippen LogP contribution in [0.3, 0.4) is 0 Å². The summed E-state index contributed by atoms with van der Waals surface area (Å²) in [5, 5.41) is 0. The Morgan fingerprint density at radius 1 is 1.12 bits per heavy atom. The van der Waals surface area contributed by atoms with Crippen molar-refractivity contribution in [3.63, 3.8) is 0 Å². The second kappa shape index (κ2) is 8.07. The van der Waals surface area contributed by atoms with E-state index in [1.54, 1.807) is 0 Å². The minimum atomic E-state index is -1.43. The van der Waals surface area contributed by atoms with E-state index in [0.717, 1.165) is 6.42 Å². The molecule has 0 aliphatic rings. The van der Waals surface area contributed by atoms with Gasteiger partial charge in [-0.15, -0.1) is 6.58 Å². The van der Waals surface area contributed by atoms with Gasteiger partial charge in [0.1, 0.15) is 0 Å². The van der Waals surface area contributed by atoms with Crippen molar-refractivity contribution in [3.8, 4) is 0 Å². The van der Waals surface area contributed by atoms with E-state index in [0.29, 0.717) is 6.10 Å². The molecule has 0 saturated carbocycles. The van der Waals surface area contributed by atoms with Crippen LogP contribution in [-0.4, -0.2) is 14.4 Å². The predicted molar refractivity (Wildman–Crippen MR) is 76.4 cm³/mol. The second-order valence-corrected chi connectivity index (χ2v) is 9.66. The van der Waals surface area contributed by atoms with Crippen molar-refractivity contribution in [1.29, 1.82) is 0 Å². The van der Waals surface area contributed by atoms with Gasteiger partial charge in [-0.2, -0.15) is 0 Å². The van der Waals surface area contributed by atoms with E-state index in [9.17, 15) is 0 Å². The van der Waals surface area contributed by atoms with Gasteiger partial charge in [0.15, 0.2) is 8.32 Å². The van der Waals surface area contributed by atoms with E-state index < -0.39 is 8.32 Å². The Bertz CT molecular complexity index is 189. The first-order chi connectivity index (χ1) is 7.53. The Balaban J connectivity index is 4.49. The van der Waals surface area contributed by atoms with Crippen molar-refractivity contribution in [2.45, 2.75) is 78.1 Å². The van der Waals surface area contributed by atoms with Gasteiger partial charge in [-0.25, -0.2) is 0 Å². The van der Waals surface area contributed by atoms with Crippen molar-refractivity contribution in [2.24, 2.45) is 0 Å². The molecule has 0 aromatic carbocycles. The molecule has 0 unspecified atom stereocenters. The Labute approximate surface area is 103 Å². The van der Waals surface area contributed by atoms with Gasteiger partial charge in [-0.05, 0) is 37.9 Å². The van der Waals surface area contributed by atoms with Crippen LogP contribution < -0.4 is 0 Å². The molecule has 0 fully saturated rings. The zero-order chi connectivity index (χ0) is 12.6. The molecule has 0 aliphatic carbocycles. The standard InChI is InChI=1S/C14H30OSi/c1-7-11-14(12-13(5)6)15-16(8-2,9-3)10-4/h14H,5,7-12H2,1-4,6H3/t14-/m1/s1. The zero-order valence-electron chi connectivity index (χ0n) is 11.9. The first kappa shape index (κ1) is 15.9. The molecule has 0 aliphatic heterocycles. The van der Waals surface area contributed by atoms with Gasteiger partial charge in [-0.1, -0.05) is 39.7 Å². The molecular weight excluding hydrogens is 212 g/mol.